The van der Waals surface area contributed by atoms with E-state index in [9.17, 15) is 22.4 Å². The largest absolute Gasteiger partial charge is 0.384 e. The van der Waals surface area contributed by atoms with Gasteiger partial charge in [-0.05, 0) is 36.1 Å². The van der Waals surface area contributed by atoms with Gasteiger partial charge in [0.05, 0.1) is 18.0 Å². The summed E-state index contributed by atoms with van der Waals surface area (Å²) in [5.41, 5.74) is 1.61. The van der Waals surface area contributed by atoms with Crippen molar-refractivity contribution in [1.29, 1.82) is 0 Å². The van der Waals surface area contributed by atoms with Gasteiger partial charge in [0.2, 0.25) is 15.9 Å². The van der Waals surface area contributed by atoms with Crippen molar-refractivity contribution in [2.75, 3.05) is 26.4 Å². The number of amides is 2. The van der Waals surface area contributed by atoms with Crippen molar-refractivity contribution < 1.29 is 22.4 Å². The first-order valence-corrected chi connectivity index (χ1v) is 13.5. The first-order chi connectivity index (χ1) is 16.4. The number of hydrogen-bond acceptors (Lipinski definition) is 5. The number of halogens is 1. The quantitative estimate of drug-likeness (QED) is 0.494. The molecule has 0 bridgehead atoms. The lowest BCUT2D eigenvalue weighted by atomic mass is 9.90. The minimum absolute atomic E-state index is 0.149. The summed E-state index contributed by atoms with van der Waals surface area (Å²) in [7, 11) is -1.95. The molecule has 190 valence electrons. The van der Waals surface area contributed by atoms with Crippen molar-refractivity contribution in [3.8, 4) is 0 Å². The molecule has 2 aromatic rings. The minimum atomic E-state index is -3.52. The molecular weight excluding hydrogens is 473 g/mol. The molecule has 2 fully saturated rings. The lowest BCUT2D eigenvalue weighted by Gasteiger charge is -2.33. The Hall–Kier alpha value is -2.92. The minimum Gasteiger partial charge on any atom is -0.384 e. The molecule has 1 aromatic heterocycles. The van der Waals surface area contributed by atoms with Gasteiger partial charge in [-0.15, -0.1) is 0 Å². The number of nitrogens with zero attached hydrogens (tertiary/aromatic N) is 2. The molecule has 1 aromatic carbocycles. The van der Waals surface area contributed by atoms with Crippen LogP contribution in [0.15, 0.2) is 36.7 Å². The fraction of sp³-hybridized carbons (Fsp3) is 0.500. The summed E-state index contributed by atoms with van der Waals surface area (Å²) < 4.78 is 40.6. The summed E-state index contributed by atoms with van der Waals surface area (Å²) in [6, 6.07) is 2.87. The number of carbonyl (C=O) groups excluding carboxylic acids is 2. The molecule has 0 aliphatic carbocycles. The zero-order chi connectivity index (χ0) is 25.7. The van der Waals surface area contributed by atoms with Gasteiger partial charge in [-0.1, -0.05) is 20.4 Å². The molecule has 3 N–H and O–H groups in total. The zero-order valence-corrected chi connectivity index (χ0v) is 21.2. The van der Waals surface area contributed by atoms with E-state index in [2.05, 4.69) is 22.2 Å². The van der Waals surface area contributed by atoms with Gasteiger partial charge in [0.1, 0.15) is 11.9 Å². The molecule has 2 aliphatic heterocycles. The average Bonchev–Trinajstić information content (AvgIpc) is 3.49. The number of carbonyl (C=O) groups is 2. The maximum absolute atomic E-state index is 13.8. The smallest absolute Gasteiger partial charge is 0.267 e. The van der Waals surface area contributed by atoms with E-state index >= 15 is 0 Å². The second-order valence-corrected chi connectivity index (χ2v) is 11.6. The second kappa shape index (κ2) is 9.27. The first kappa shape index (κ1) is 25.2. The van der Waals surface area contributed by atoms with Crippen LogP contribution in [0.5, 0.6) is 0 Å². The molecule has 11 heteroatoms. The molecule has 2 saturated heterocycles. The van der Waals surface area contributed by atoms with Gasteiger partial charge in [0.25, 0.3) is 5.91 Å². The molecule has 2 amide bonds. The van der Waals surface area contributed by atoms with Gasteiger partial charge in [-0.25, -0.2) is 12.8 Å². The highest BCUT2D eigenvalue weighted by atomic mass is 32.2. The van der Waals surface area contributed by atoms with Crippen LogP contribution < -0.4 is 10.6 Å². The lowest BCUT2D eigenvalue weighted by molar-refractivity contribution is -0.138. The predicted octanol–water partition coefficient (Wildman–Crippen LogP) is 1.51. The molecule has 0 spiro atoms. The molecule has 2 aliphatic rings. The Bertz CT molecular complexity index is 1270. The monoisotopic (exact) mass is 505 g/mol. The normalized spacial score (nSPS) is 23.5. The van der Waals surface area contributed by atoms with E-state index in [1.807, 2.05) is 13.8 Å². The van der Waals surface area contributed by atoms with Gasteiger partial charge in [-0.2, -0.15) is 4.31 Å². The van der Waals surface area contributed by atoms with E-state index in [4.69, 9.17) is 0 Å². The molecule has 35 heavy (non-hydrogen) atoms. The average molecular weight is 506 g/mol. The van der Waals surface area contributed by atoms with Crippen LogP contribution in [0, 0.1) is 11.7 Å². The molecule has 0 unspecified atom stereocenters. The summed E-state index contributed by atoms with van der Waals surface area (Å²) in [5.74, 6) is -1.59. The number of nitrogens with one attached hydrogen (secondary N) is 3. The van der Waals surface area contributed by atoms with Crippen LogP contribution in [0.25, 0.3) is 10.9 Å². The van der Waals surface area contributed by atoms with Crippen LogP contribution in [-0.2, 0) is 19.6 Å². The highest BCUT2D eigenvalue weighted by molar-refractivity contribution is 7.88. The summed E-state index contributed by atoms with van der Waals surface area (Å²) >= 11 is 0. The third-order valence-electron chi connectivity index (χ3n) is 7.16. The van der Waals surface area contributed by atoms with E-state index in [1.54, 1.807) is 24.2 Å². The maximum atomic E-state index is 13.8. The van der Waals surface area contributed by atoms with E-state index in [0.29, 0.717) is 18.5 Å². The van der Waals surface area contributed by atoms with Gasteiger partial charge in [0.15, 0.2) is 0 Å². The van der Waals surface area contributed by atoms with Crippen LogP contribution in [0.1, 0.15) is 31.7 Å². The molecule has 4 atom stereocenters. The summed E-state index contributed by atoms with van der Waals surface area (Å²) in [5, 5.41) is 6.26. The van der Waals surface area contributed by atoms with Gasteiger partial charge in [-0.3, -0.25) is 9.59 Å². The van der Waals surface area contributed by atoms with Gasteiger partial charge >= 0.3 is 0 Å². The fourth-order valence-electron chi connectivity index (χ4n) is 5.42. The maximum Gasteiger partial charge on any atom is 0.267 e. The van der Waals surface area contributed by atoms with Crippen molar-refractivity contribution in [2.45, 2.75) is 44.3 Å². The number of aromatic nitrogens is 1. The Morgan fingerprint density at radius 3 is 2.63 bits per heavy atom. The van der Waals surface area contributed by atoms with E-state index in [-0.39, 0.29) is 41.8 Å². The van der Waals surface area contributed by atoms with Crippen molar-refractivity contribution in [1.82, 2.24) is 24.8 Å². The van der Waals surface area contributed by atoms with Crippen LogP contribution >= 0.6 is 0 Å². The van der Waals surface area contributed by atoms with Crippen LogP contribution in [-0.4, -0.2) is 78.9 Å². The molecule has 4 rings (SSSR count). The summed E-state index contributed by atoms with van der Waals surface area (Å²) in [6.07, 6.45) is 3.46. The predicted molar refractivity (Wildman–Crippen MR) is 131 cm³/mol. The third kappa shape index (κ3) is 4.54. The SMILES string of the molecule is C=C(NC)C(=O)N[C@H](C(=O)N1CC[C@@H]2[C@H]1[C@@H](c1c[nH]c3cc(F)ccc13)CN2S(C)(=O)=O)C(C)C. The number of H-pyrrole nitrogens is 1. The van der Waals surface area contributed by atoms with Crippen molar-refractivity contribution in [3.05, 3.63) is 48.1 Å². The number of likely N-dealkylation sites (tertiary alicyclic amines) is 1. The topological polar surface area (TPSA) is 115 Å². The Morgan fingerprint density at radius 2 is 2.00 bits per heavy atom. The van der Waals surface area contributed by atoms with Crippen molar-refractivity contribution >= 4 is 32.7 Å². The van der Waals surface area contributed by atoms with E-state index in [0.717, 1.165) is 10.9 Å². The Balaban J connectivity index is 1.72. The molecular formula is C24H32FN5O4S. The third-order valence-corrected chi connectivity index (χ3v) is 8.43. The van der Waals surface area contributed by atoms with Crippen molar-refractivity contribution in [3.63, 3.8) is 0 Å². The van der Waals surface area contributed by atoms with Crippen LogP contribution in [0.3, 0.4) is 0 Å². The highest BCUT2D eigenvalue weighted by Gasteiger charge is 2.54. The molecule has 3 heterocycles. The van der Waals surface area contributed by atoms with Crippen LogP contribution in [0.4, 0.5) is 4.39 Å². The number of hydrogen-bond donors (Lipinski definition) is 3. The van der Waals surface area contributed by atoms with Crippen molar-refractivity contribution in [2.24, 2.45) is 5.92 Å². The first-order valence-electron chi connectivity index (χ1n) is 11.7. The Morgan fingerprint density at radius 1 is 1.29 bits per heavy atom. The molecule has 0 saturated carbocycles. The second-order valence-electron chi connectivity index (χ2n) is 9.68. The highest BCUT2D eigenvalue weighted by Crippen LogP contribution is 2.44. The number of benzene rings is 1. The van der Waals surface area contributed by atoms with E-state index < -0.39 is 28.0 Å². The number of aromatic amines is 1. The Labute approximate surface area is 204 Å². The number of fused-ring (bicyclic) bond motifs is 2. The molecule has 9 nitrogen and oxygen atoms in total. The van der Waals surface area contributed by atoms with E-state index in [1.165, 1.54) is 22.7 Å². The standard InChI is InChI=1S/C24H32FN5O4S/c1-13(2)21(28-23(31)14(3)26-4)24(32)29-9-8-20-22(29)18(12-30(20)35(5,33)34)17-11-27-19-10-15(25)6-7-16(17)19/h6-7,10-11,13,18,20-22,26-27H,3,8-9,12H2,1-2,4-5H3,(H,28,31)/t18-,20-,21+,22-/m1/s1. The van der Waals surface area contributed by atoms with Gasteiger partial charge < -0.3 is 20.5 Å². The molecule has 0 radical (unpaired) electrons. The summed E-state index contributed by atoms with van der Waals surface area (Å²) in [4.78, 5) is 31.1. The zero-order valence-electron chi connectivity index (χ0n) is 20.3. The fourth-order valence-corrected chi connectivity index (χ4v) is 6.57. The lowest BCUT2D eigenvalue weighted by Crippen LogP contribution is -2.54. The summed E-state index contributed by atoms with van der Waals surface area (Å²) in [6.45, 7) is 7.95. The number of likely N-dealkylation sites (N-methyl/N-ethyl adjacent to an activating group) is 1. The number of sulfonamides is 1. The Kier molecular flexibility index (Phi) is 6.67. The van der Waals surface area contributed by atoms with Gasteiger partial charge in [0, 0.05) is 49.2 Å². The number of rotatable bonds is 7. The van der Waals surface area contributed by atoms with Crippen LogP contribution in [0.2, 0.25) is 0 Å².